The second-order valence-corrected chi connectivity index (χ2v) is 4.49. The summed E-state index contributed by atoms with van der Waals surface area (Å²) >= 11 is 0. The van der Waals surface area contributed by atoms with Gasteiger partial charge in [0.2, 0.25) is 0 Å². The third-order valence-corrected chi connectivity index (χ3v) is 2.99. The lowest BCUT2D eigenvalue weighted by Crippen LogP contribution is -2.04. The second-order valence-electron chi connectivity index (χ2n) is 4.49. The summed E-state index contributed by atoms with van der Waals surface area (Å²) in [5, 5.41) is 0. The van der Waals surface area contributed by atoms with E-state index in [0.29, 0.717) is 5.92 Å². The molecule has 0 N–H and O–H groups in total. The van der Waals surface area contributed by atoms with Gasteiger partial charge >= 0.3 is 0 Å². The molecule has 0 fully saturated rings. The van der Waals surface area contributed by atoms with Crippen molar-refractivity contribution in [3.05, 3.63) is 35.9 Å². The largest absolute Gasteiger partial charge is 0.497 e. The Hall–Kier alpha value is -1.28. The topological polar surface area (TPSA) is 18.5 Å². The SMILES string of the molecule is CCCCC(/C=C\c1ccc(OC)cc1)COC. The van der Waals surface area contributed by atoms with Gasteiger partial charge in [0.25, 0.3) is 0 Å². The van der Waals surface area contributed by atoms with Crippen LogP contribution < -0.4 is 4.74 Å². The molecule has 1 rings (SSSR count). The third-order valence-electron chi connectivity index (χ3n) is 2.99. The smallest absolute Gasteiger partial charge is 0.118 e. The van der Waals surface area contributed by atoms with Crippen molar-refractivity contribution in [3.63, 3.8) is 0 Å². The van der Waals surface area contributed by atoms with E-state index in [1.807, 2.05) is 12.1 Å². The van der Waals surface area contributed by atoms with Gasteiger partial charge in [-0.3, -0.25) is 0 Å². The van der Waals surface area contributed by atoms with Gasteiger partial charge in [-0.25, -0.2) is 0 Å². The Morgan fingerprint density at radius 2 is 1.89 bits per heavy atom. The highest BCUT2D eigenvalue weighted by Gasteiger charge is 2.03. The van der Waals surface area contributed by atoms with Crippen molar-refractivity contribution in [1.29, 1.82) is 0 Å². The van der Waals surface area contributed by atoms with Crippen molar-refractivity contribution < 1.29 is 9.47 Å². The minimum Gasteiger partial charge on any atom is -0.497 e. The maximum Gasteiger partial charge on any atom is 0.118 e. The van der Waals surface area contributed by atoms with Crippen LogP contribution in [-0.2, 0) is 4.74 Å². The molecule has 100 valence electrons. The van der Waals surface area contributed by atoms with E-state index < -0.39 is 0 Å². The van der Waals surface area contributed by atoms with Gasteiger partial charge in [-0.15, -0.1) is 0 Å². The first kappa shape index (κ1) is 14.8. The summed E-state index contributed by atoms with van der Waals surface area (Å²) in [6.07, 6.45) is 8.09. The van der Waals surface area contributed by atoms with E-state index in [0.717, 1.165) is 12.4 Å². The van der Waals surface area contributed by atoms with Gasteiger partial charge in [-0.1, -0.05) is 44.1 Å². The zero-order valence-electron chi connectivity index (χ0n) is 11.7. The van der Waals surface area contributed by atoms with Crippen LogP contribution in [0.5, 0.6) is 5.75 Å². The summed E-state index contributed by atoms with van der Waals surface area (Å²) in [5.41, 5.74) is 1.20. The van der Waals surface area contributed by atoms with E-state index in [1.54, 1.807) is 14.2 Å². The van der Waals surface area contributed by atoms with Crippen molar-refractivity contribution in [2.75, 3.05) is 20.8 Å². The number of unbranched alkanes of at least 4 members (excludes halogenated alkanes) is 1. The highest BCUT2D eigenvalue weighted by atomic mass is 16.5. The molecule has 0 bridgehead atoms. The van der Waals surface area contributed by atoms with E-state index >= 15 is 0 Å². The molecular formula is C16H24O2. The van der Waals surface area contributed by atoms with E-state index in [-0.39, 0.29) is 0 Å². The fourth-order valence-corrected chi connectivity index (χ4v) is 1.88. The molecule has 0 aliphatic rings. The first-order valence-corrected chi connectivity index (χ1v) is 6.61. The molecule has 0 amide bonds. The molecule has 0 spiro atoms. The number of rotatable bonds is 8. The highest BCUT2D eigenvalue weighted by Crippen LogP contribution is 2.15. The summed E-state index contributed by atoms with van der Waals surface area (Å²) in [5.74, 6) is 1.41. The van der Waals surface area contributed by atoms with Gasteiger partial charge < -0.3 is 9.47 Å². The molecular weight excluding hydrogens is 224 g/mol. The molecule has 0 aliphatic carbocycles. The lowest BCUT2D eigenvalue weighted by Gasteiger charge is -2.10. The van der Waals surface area contributed by atoms with Crippen LogP contribution in [0.15, 0.2) is 30.3 Å². The minimum atomic E-state index is 0.511. The maximum atomic E-state index is 5.25. The van der Waals surface area contributed by atoms with Crippen LogP contribution >= 0.6 is 0 Å². The summed E-state index contributed by atoms with van der Waals surface area (Å²) in [6, 6.07) is 8.10. The Labute approximate surface area is 111 Å². The fraction of sp³-hybridized carbons (Fsp3) is 0.500. The van der Waals surface area contributed by atoms with Crippen LogP contribution in [0.2, 0.25) is 0 Å². The molecule has 1 aromatic rings. The summed E-state index contributed by atoms with van der Waals surface area (Å²) in [7, 11) is 3.45. The van der Waals surface area contributed by atoms with E-state index in [9.17, 15) is 0 Å². The zero-order chi connectivity index (χ0) is 13.2. The molecule has 0 radical (unpaired) electrons. The Kier molecular flexibility index (Phi) is 7.19. The fourth-order valence-electron chi connectivity index (χ4n) is 1.88. The molecule has 2 nitrogen and oxygen atoms in total. The van der Waals surface area contributed by atoms with Crippen molar-refractivity contribution in [2.45, 2.75) is 26.2 Å². The monoisotopic (exact) mass is 248 g/mol. The predicted octanol–water partition coefficient (Wildman–Crippen LogP) is 4.16. The Morgan fingerprint density at radius 1 is 1.17 bits per heavy atom. The molecule has 0 heterocycles. The van der Waals surface area contributed by atoms with Crippen molar-refractivity contribution >= 4 is 6.08 Å². The van der Waals surface area contributed by atoms with Gasteiger partial charge in [-0.05, 0) is 24.1 Å². The standard InChI is InChI=1S/C16H24O2/c1-4-5-6-15(13-17-2)8-7-14-9-11-16(18-3)12-10-14/h7-12,15H,4-6,13H2,1-3H3/b8-7-. The predicted molar refractivity (Wildman–Crippen MR) is 76.9 cm³/mol. The second kappa shape index (κ2) is 8.76. The van der Waals surface area contributed by atoms with Gasteiger partial charge in [0.05, 0.1) is 13.7 Å². The molecule has 0 saturated heterocycles. The molecule has 18 heavy (non-hydrogen) atoms. The van der Waals surface area contributed by atoms with Crippen molar-refractivity contribution in [1.82, 2.24) is 0 Å². The summed E-state index contributed by atoms with van der Waals surface area (Å²) < 4.78 is 10.4. The van der Waals surface area contributed by atoms with E-state index in [1.165, 1.54) is 24.8 Å². The van der Waals surface area contributed by atoms with Crippen molar-refractivity contribution in [3.8, 4) is 5.75 Å². The summed E-state index contributed by atoms with van der Waals surface area (Å²) in [4.78, 5) is 0. The van der Waals surface area contributed by atoms with Gasteiger partial charge in [0.15, 0.2) is 0 Å². The van der Waals surface area contributed by atoms with E-state index in [2.05, 4.69) is 31.2 Å². The Balaban J connectivity index is 2.57. The lowest BCUT2D eigenvalue weighted by molar-refractivity contribution is 0.165. The average Bonchev–Trinajstić information content (AvgIpc) is 2.42. The molecule has 1 aromatic carbocycles. The van der Waals surface area contributed by atoms with Crippen LogP contribution in [0, 0.1) is 5.92 Å². The van der Waals surface area contributed by atoms with Crippen LogP contribution in [0.4, 0.5) is 0 Å². The first-order valence-electron chi connectivity index (χ1n) is 6.61. The number of hydrogen-bond donors (Lipinski definition) is 0. The van der Waals surface area contributed by atoms with E-state index in [4.69, 9.17) is 9.47 Å². The normalized spacial score (nSPS) is 12.8. The first-order chi connectivity index (χ1) is 8.80. The number of methoxy groups -OCH3 is 2. The molecule has 0 saturated carbocycles. The maximum absolute atomic E-state index is 5.25. The zero-order valence-corrected chi connectivity index (χ0v) is 11.7. The van der Waals surface area contributed by atoms with Crippen LogP contribution in [-0.4, -0.2) is 20.8 Å². The molecule has 1 unspecified atom stereocenters. The molecule has 0 aliphatic heterocycles. The minimum absolute atomic E-state index is 0.511. The van der Waals surface area contributed by atoms with Crippen molar-refractivity contribution in [2.24, 2.45) is 5.92 Å². The summed E-state index contributed by atoms with van der Waals surface area (Å²) in [6.45, 7) is 3.02. The van der Waals surface area contributed by atoms with Crippen LogP contribution in [0.3, 0.4) is 0 Å². The molecule has 2 heteroatoms. The Morgan fingerprint density at radius 3 is 2.44 bits per heavy atom. The highest BCUT2D eigenvalue weighted by molar-refractivity contribution is 5.50. The number of benzene rings is 1. The Bertz CT molecular complexity index is 341. The average molecular weight is 248 g/mol. The van der Waals surface area contributed by atoms with Crippen LogP contribution in [0.1, 0.15) is 31.7 Å². The quantitative estimate of drug-likeness (QED) is 0.687. The number of hydrogen-bond acceptors (Lipinski definition) is 2. The van der Waals surface area contributed by atoms with Gasteiger partial charge in [0, 0.05) is 13.0 Å². The lowest BCUT2D eigenvalue weighted by atomic mass is 10.0. The third kappa shape index (κ3) is 5.37. The molecule has 1 atom stereocenters. The number of ether oxygens (including phenoxy) is 2. The van der Waals surface area contributed by atoms with Gasteiger partial charge in [-0.2, -0.15) is 0 Å². The van der Waals surface area contributed by atoms with Gasteiger partial charge in [0.1, 0.15) is 5.75 Å². The van der Waals surface area contributed by atoms with Crippen LogP contribution in [0.25, 0.3) is 6.08 Å². The molecule has 0 aromatic heterocycles.